The Labute approximate surface area is 256 Å². The lowest BCUT2D eigenvalue weighted by Gasteiger charge is -2.39. The molecular weight excluding hydrogens is 518 g/mol. The number of fused-ring (bicyclic) bond motifs is 1. The molecule has 2 N–H and O–H groups in total. The highest BCUT2D eigenvalue weighted by molar-refractivity contribution is 5.53. The largest absolute Gasteiger partial charge is 0.488 e. The number of piperidine rings is 1. The zero-order valence-electron chi connectivity index (χ0n) is 27.8. The van der Waals surface area contributed by atoms with Crippen LogP contribution in [-0.2, 0) is 6.42 Å². The van der Waals surface area contributed by atoms with Crippen LogP contribution in [0.25, 0.3) is 0 Å². The Kier molecular flexibility index (Phi) is 14.1. The average molecular weight is 576 g/mol. The Bertz CT molecular complexity index is 1160. The molecule has 0 aromatic heterocycles. The maximum absolute atomic E-state index is 9.73. The molecule has 1 fully saturated rings. The Balaban J connectivity index is 0.000000966. The molecule has 4 heteroatoms. The molecule has 0 bridgehead atoms. The molecule has 1 aliphatic carbocycles. The van der Waals surface area contributed by atoms with Gasteiger partial charge in [-0.05, 0) is 104 Å². The summed E-state index contributed by atoms with van der Waals surface area (Å²) >= 11 is 0. The van der Waals surface area contributed by atoms with E-state index in [2.05, 4.69) is 105 Å². The fourth-order valence-electron chi connectivity index (χ4n) is 6.04. The Morgan fingerprint density at radius 3 is 1.98 bits per heavy atom. The van der Waals surface area contributed by atoms with Gasteiger partial charge in [0.1, 0.15) is 11.4 Å². The summed E-state index contributed by atoms with van der Waals surface area (Å²) in [7, 11) is 1.00. The minimum Gasteiger partial charge on any atom is -0.488 e. The minimum absolute atomic E-state index is 0.0701. The monoisotopic (exact) mass is 575 g/mol. The predicted molar refractivity (Wildman–Crippen MR) is 180 cm³/mol. The summed E-state index contributed by atoms with van der Waals surface area (Å²) in [6.45, 7) is 18.8. The molecule has 2 atom stereocenters. The van der Waals surface area contributed by atoms with Crippen molar-refractivity contribution in [1.29, 1.82) is 0 Å². The summed E-state index contributed by atoms with van der Waals surface area (Å²) < 4.78 is 6.20. The zero-order valence-corrected chi connectivity index (χ0v) is 27.8. The van der Waals surface area contributed by atoms with Crippen molar-refractivity contribution < 1.29 is 14.9 Å². The van der Waals surface area contributed by atoms with Crippen LogP contribution < -0.4 is 9.64 Å². The third kappa shape index (κ3) is 9.09. The highest BCUT2D eigenvalue weighted by Gasteiger charge is 2.33. The van der Waals surface area contributed by atoms with Gasteiger partial charge in [0, 0.05) is 38.4 Å². The van der Waals surface area contributed by atoms with E-state index in [-0.39, 0.29) is 17.6 Å². The van der Waals surface area contributed by atoms with Gasteiger partial charge in [-0.15, -0.1) is 0 Å². The number of hydrogen-bond donors (Lipinski definition) is 2. The lowest BCUT2D eigenvalue weighted by Crippen LogP contribution is -2.40. The van der Waals surface area contributed by atoms with Crippen LogP contribution >= 0.6 is 0 Å². The van der Waals surface area contributed by atoms with E-state index in [0.29, 0.717) is 11.8 Å². The second-order valence-electron chi connectivity index (χ2n) is 12.2. The number of rotatable bonds is 5. The van der Waals surface area contributed by atoms with Gasteiger partial charge in [-0.2, -0.15) is 0 Å². The predicted octanol–water partition coefficient (Wildman–Crippen LogP) is 8.99. The fourth-order valence-corrected chi connectivity index (χ4v) is 6.04. The van der Waals surface area contributed by atoms with Gasteiger partial charge in [-0.3, -0.25) is 0 Å². The maximum atomic E-state index is 9.73. The topological polar surface area (TPSA) is 52.9 Å². The quantitative estimate of drug-likeness (QED) is 0.319. The van der Waals surface area contributed by atoms with E-state index in [4.69, 9.17) is 9.84 Å². The normalized spacial score (nSPS) is 19.0. The molecule has 0 amide bonds. The van der Waals surface area contributed by atoms with Crippen LogP contribution in [0.5, 0.6) is 5.75 Å². The van der Waals surface area contributed by atoms with E-state index in [9.17, 15) is 5.11 Å². The van der Waals surface area contributed by atoms with E-state index in [0.717, 1.165) is 51.6 Å². The molecule has 232 valence electrons. The maximum Gasteiger partial charge on any atom is 0.120 e. The van der Waals surface area contributed by atoms with Gasteiger partial charge in [0.15, 0.2) is 0 Å². The van der Waals surface area contributed by atoms with Crippen molar-refractivity contribution in [2.24, 2.45) is 5.41 Å². The average Bonchev–Trinajstić information content (AvgIpc) is 3.03. The second-order valence-corrected chi connectivity index (χ2v) is 12.2. The van der Waals surface area contributed by atoms with Crippen molar-refractivity contribution in [2.75, 3.05) is 31.7 Å². The summed E-state index contributed by atoms with van der Waals surface area (Å²) in [5.41, 5.74) is 6.81. The zero-order chi connectivity index (χ0) is 31.3. The number of aliphatic hydroxyl groups excluding tert-OH is 2. The first-order valence-corrected chi connectivity index (χ1v) is 16.0. The number of aryl methyl sites for hydroxylation is 1. The molecule has 0 radical (unpaired) electrons. The van der Waals surface area contributed by atoms with Crippen molar-refractivity contribution in [3.8, 4) is 5.75 Å². The third-order valence-corrected chi connectivity index (χ3v) is 8.20. The SMILES string of the molecule is CC.CC.CC1(CO)CCN(c2ccc(C3c4ccc(OC(C)(C)C)cc4CCC3c3ccccc3)cc2)CC1.CO. The van der Waals surface area contributed by atoms with Crippen LogP contribution in [0, 0.1) is 5.41 Å². The van der Waals surface area contributed by atoms with Gasteiger partial charge in [0.05, 0.1) is 0 Å². The van der Waals surface area contributed by atoms with Crippen molar-refractivity contribution >= 4 is 5.69 Å². The molecule has 1 aliphatic heterocycles. The Morgan fingerprint density at radius 2 is 1.43 bits per heavy atom. The van der Waals surface area contributed by atoms with Gasteiger partial charge in [-0.1, -0.05) is 83.1 Å². The minimum atomic E-state index is -0.201. The molecule has 0 saturated carbocycles. The van der Waals surface area contributed by atoms with E-state index < -0.39 is 0 Å². The van der Waals surface area contributed by atoms with Crippen LogP contribution in [0.3, 0.4) is 0 Å². The molecule has 42 heavy (non-hydrogen) atoms. The number of anilines is 1. The fraction of sp³-hybridized carbons (Fsp3) is 0.526. The first-order chi connectivity index (χ1) is 20.2. The smallest absolute Gasteiger partial charge is 0.120 e. The summed E-state index contributed by atoms with van der Waals surface area (Å²) in [4.78, 5) is 2.47. The van der Waals surface area contributed by atoms with Crippen molar-refractivity contribution in [3.05, 3.63) is 95.1 Å². The van der Waals surface area contributed by atoms with Crippen molar-refractivity contribution in [3.63, 3.8) is 0 Å². The van der Waals surface area contributed by atoms with Crippen LogP contribution in [0.4, 0.5) is 5.69 Å². The number of aliphatic hydroxyl groups is 2. The Hall–Kier alpha value is -2.82. The molecular formula is C38H57NO3. The van der Waals surface area contributed by atoms with Gasteiger partial charge in [0.25, 0.3) is 0 Å². The highest BCUT2D eigenvalue weighted by Crippen LogP contribution is 2.47. The highest BCUT2D eigenvalue weighted by atomic mass is 16.5. The molecule has 1 saturated heterocycles. The van der Waals surface area contributed by atoms with Crippen molar-refractivity contribution in [2.45, 2.75) is 98.5 Å². The van der Waals surface area contributed by atoms with Crippen molar-refractivity contribution in [1.82, 2.24) is 0 Å². The Morgan fingerprint density at radius 1 is 0.833 bits per heavy atom. The molecule has 4 nitrogen and oxygen atoms in total. The molecule has 1 heterocycles. The van der Waals surface area contributed by atoms with E-state index >= 15 is 0 Å². The number of hydrogen-bond acceptors (Lipinski definition) is 4. The number of ether oxygens (including phenoxy) is 1. The molecule has 3 aromatic rings. The van der Waals surface area contributed by atoms with E-state index in [1.165, 1.54) is 27.9 Å². The number of nitrogens with zero attached hydrogens (tertiary/aromatic N) is 1. The summed E-state index contributed by atoms with van der Waals surface area (Å²) in [5, 5.41) is 16.7. The van der Waals surface area contributed by atoms with Gasteiger partial charge in [0.2, 0.25) is 0 Å². The molecule has 2 unspecified atom stereocenters. The lowest BCUT2D eigenvalue weighted by atomic mass is 9.69. The van der Waals surface area contributed by atoms with Crippen LogP contribution in [0.15, 0.2) is 72.8 Å². The van der Waals surface area contributed by atoms with Gasteiger partial charge in [-0.25, -0.2) is 0 Å². The third-order valence-electron chi connectivity index (χ3n) is 8.20. The first-order valence-electron chi connectivity index (χ1n) is 16.0. The van der Waals surface area contributed by atoms with Gasteiger partial charge < -0.3 is 19.8 Å². The molecule has 3 aromatic carbocycles. The standard InChI is InChI=1S/C33H41NO2.2C2H6.CH4O/c1-32(2,3)36-28-15-17-30-26(22-28)12-16-29(24-8-6-5-7-9-24)31(30)25-10-13-27(14-11-25)34-20-18-33(4,23-35)19-21-34;3*1-2/h5-11,13-15,17,22,29,31,35H,12,16,18-21,23H2,1-4H3;2*1-2H3;2H,1H3. The van der Waals surface area contributed by atoms with Crippen LogP contribution in [-0.4, -0.2) is 42.6 Å². The summed E-state index contributed by atoms with van der Waals surface area (Å²) in [6, 6.07) is 27.1. The molecule has 2 aliphatic rings. The summed E-state index contributed by atoms with van der Waals surface area (Å²) in [6.07, 6.45) is 4.28. The molecule has 0 spiro atoms. The first kappa shape index (κ1) is 35.4. The number of benzene rings is 3. The second kappa shape index (κ2) is 16.7. The van der Waals surface area contributed by atoms with E-state index in [1.807, 2.05) is 27.7 Å². The lowest BCUT2D eigenvalue weighted by molar-refractivity contribution is 0.115. The van der Waals surface area contributed by atoms with Gasteiger partial charge >= 0.3 is 0 Å². The van der Waals surface area contributed by atoms with Crippen LogP contribution in [0.2, 0.25) is 0 Å². The van der Waals surface area contributed by atoms with E-state index in [1.54, 1.807) is 0 Å². The molecule has 5 rings (SSSR count). The summed E-state index contributed by atoms with van der Waals surface area (Å²) in [5.74, 6) is 1.75. The van der Waals surface area contributed by atoms with Crippen LogP contribution in [0.1, 0.15) is 109 Å².